The van der Waals surface area contributed by atoms with Crippen LogP contribution in [0.4, 0.5) is 4.39 Å². The van der Waals surface area contributed by atoms with Crippen molar-refractivity contribution >= 4 is 21.7 Å². The fourth-order valence-electron chi connectivity index (χ4n) is 2.44. The van der Waals surface area contributed by atoms with Crippen LogP contribution in [0, 0.1) is 11.7 Å². The van der Waals surface area contributed by atoms with Crippen LogP contribution in [0.2, 0.25) is 0 Å². The third-order valence-corrected chi connectivity index (χ3v) is 4.04. The van der Waals surface area contributed by atoms with E-state index >= 15 is 0 Å². The van der Waals surface area contributed by atoms with Crippen molar-refractivity contribution < 1.29 is 9.18 Å². The monoisotopic (exact) mass is 318 g/mol. The zero-order valence-electron chi connectivity index (χ0n) is 10.1. The number of carbonyl (C=O) groups excluding carboxylic acids is 1. The highest BCUT2D eigenvalue weighted by Gasteiger charge is 2.44. The van der Waals surface area contributed by atoms with Gasteiger partial charge in [-0.1, -0.05) is 46.3 Å². The average Bonchev–Trinajstić information content (AvgIpc) is 3.19. The molecule has 19 heavy (non-hydrogen) atoms. The first-order valence-corrected chi connectivity index (χ1v) is 7.00. The maximum absolute atomic E-state index is 13.8. The molecular weight excluding hydrogens is 307 g/mol. The summed E-state index contributed by atoms with van der Waals surface area (Å²) in [6.45, 7) is 0. The summed E-state index contributed by atoms with van der Waals surface area (Å²) in [7, 11) is 0. The molecule has 1 saturated carbocycles. The van der Waals surface area contributed by atoms with Gasteiger partial charge in [-0.2, -0.15) is 0 Å². The summed E-state index contributed by atoms with van der Waals surface area (Å²) in [4.78, 5) is 12.3. The van der Waals surface area contributed by atoms with E-state index in [0.29, 0.717) is 4.47 Å². The molecule has 1 aliphatic rings. The molecule has 0 aliphatic heterocycles. The van der Waals surface area contributed by atoms with Gasteiger partial charge in [0.25, 0.3) is 0 Å². The minimum absolute atomic E-state index is 0.0712. The highest BCUT2D eigenvalue weighted by atomic mass is 79.9. The maximum Gasteiger partial charge on any atom is 0.169 e. The van der Waals surface area contributed by atoms with Crippen molar-refractivity contribution in [2.45, 2.75) is 12.3 Å². The lowest BCUT2D eigenvalue weighted by Crippen LogP contribution is -2.06. The van der Waals surface area contributed by atoms with Crippen molar-refractivity contribution in [1.29, 1.82) is 0 Å². The van der Waals surface area contributed by atoms with E-state index < -0.39 is 5.82 Å². The second-order valence-corrected chi connectivity index (χ2v) is 5.76. The van der Waals surface area contributed by atoms with Crippen molar-refractivity contribution in [3.05, 3.63) is 69.9 Å². The van der Waals surface area contributed by atoms with Gasteiger partial charge < -0.3 is 0 Å². The summed E-state index contributed by atoms with van der Waals surface area (Å²) < 4.78 is 14.4. The molecule has 2 unspecified atom stereocenters. The molecule has 2 aromatic rings. The SMILES string of the molecule is O=C(c1ccc(Br)cc1F)C1CC1c1ccccc1. The van der Waals surface area contributed by atoms with Crippen LogP contribution in [0.3, 0.4) is 0 Å². The number of ketones is 1. The van der Waals surface area contributed by atoms with Gasteiger partial charge in [-0.15, -0.1) is 0 Å². The number of rotatable bonds is 3. The van der Waals surface area contributed by atoms with E-state index in [1.54, 1.807) is 12.1 Å². The highest BCUT2D eigenvalue weighted by Crippen LogP contribution is 2.49. The summed E-state index contributed by atoms with van der Waals surface area (Å²) in [5.41, 5.74) is 1.37. The van der Waals surface area contributed by atoms with Crippen LogP contribution in [0.1, 0.15) is 28.3 Å². The van der Waals surface area contributed by atoms with Gasteiger partial charge in [0, 0.05) is 10.4 Å². The number of carbonyl (C=O) groups is 1. The Kier molecular flexibility index (Phi) is 3.23. The number of hydrogen-bond donors (Lipinski definition) is 0. The predicted octanol–water partition coefficient (Wildman–Crippen LogP) is 4.57. The normalized spacial score (nSPS) is 21.2. The van der Waals surface area contributed by atoms with Gasteiger partial charge >= 0.3 is 0 Å². The third-order valence-electron chi connectivity index (χ3n) is 3.55. The van der Waals surface area contributed by atoms with Crippen molar-refractivity contribution in [3.8, 4) is 0 Å². The van der Waals surface area contributed by atoms with E-state index in [4.69, 9.17) is 0 Å². The van der Waals surface area contributed by atoms with Gasteiger partial charge in [-0.05, 0) is 36.1 Å². The van der Waals surface area contributed by atoms with Gasteiger partial charge in [-0.3, -0.25) is 4.79 Å². The Morgan fingerprint density at radius 1 is 1.16 bits per heavy atom. The molecule has 2 atom stereocenters. The molecule has 1 fully saturated rings. The van der Waals surface area contributed by atoms with Crippen molar-refractivity contribution in [2.75, 3.05) is 0 Å². The van der Waals surface area contributed by atoms with Crippen LogP contribution < -0.4 is 0 Å². The Labute approximate surface area is 119 Å². The van der Waals surface area contributed by atoms with Crippen LogP contribution in [0.15, 0.2) is 53.0 Å². The number of benzene rings is 2. The molecule has 1 aliphatic carbocycles. The van der Waals surface area contributed by atoms with Gasteiger partial charge in [-0.25, -0.2) is 4.39 Å². The summed E-state index contributed by atoms with van der Waals surface area (Å²) in [5, 5.41) is 0. The summed E-state index contributed by atoms with van der Waals surface area (Å²) in [6.07, 6.45) is 0.818. The zero-order chi connectivity index (χ0) is 13.4. The lowest BCUT2D eigenvalue weighted by atomic mass is 10.0. The second kappa shape index (κ2) is 4.89. The van der Waals surface area contributed by atoms with E-state index in [1.165, 1.54) is 11.6 Å². The molecule has 0 heterocycles. The van der Waals surface area contributed by atoms with E-state index in [0.717, 1.165) is 6.42 Å². The minimum Gasteiger partial charge on any atom is -0.294 e. The predicted molar refractivity (Wildman–Crippen MR) is 75.7 cm³/mol. The Morgan fingerprint density at radius 2 is 1.89 bits per heavy atom. The fraction of sp³-hybridized carbons (Fsp3) is 0.188. The van der Waals surface area contributed by atoms with Gasteiger partial charge in [0.15, 0.2) is 5.78 Å². The van der Waals surface area contributed by atoms with E-state index in [1.807, 2.05) is 30.3 Å². The molecule has 0 amide bonds. The smallest absolute Gasteiger partial charge is 0.169 e. The van der Waals surface area contributed by atoms with E-state index in [9.17, 15) is 9.18 Å². The number of Topliss-reactive ketones (excluding diaryl/α,β-unsaturated/α-hetero) is 1. The van der Waals surface area contributed by atoms with Crippen LogP contribution >= 0.6 is 15.9 Å². The largest absolute Gasteiger partial charge is 0.294 e. The molecule has 0 N–H and O–H groups in total. The van der Waals surface area contributed by atoms with Crippen LogP contribution in [0.25, 0.3) is 0 Å². The molecule has 0 saturated heterocycles. The maximum atomic E-state index is 13.8. The Balaban J connectivity index is 1.80. The first kappa shape index (κ1) is 12.5. The van der Waals surface area contributed by atoms with Crippen molar-refractivity contribution in [3.63, 3.8) is 0 Å². The van der Waals surface area contributed by atoms with Crippen molar-refractivity contribution in [1.82, 2.24) is 0 Å². The van der Waals surface area contributed by atoms with Crippen LogP contribution in [-0.2, 0) is 0 Å². The van der Waals surface area contributed by atoms with Crippen LogP contribution in [-0.4, -0.2) is 5.78 Å². The number of halogens is 2. The lowest BCUT2D eigenvalue weighted by Gasteiger charge is -2.03. The zero-order valence-corrected chi connectivity index (χ0v) is 11.7. The molecule has 96 valence electrons. The fourth-order valence-corrected chi connectivity index (χ4v) is 2.78. The van der Waals surface area contributed by atoms with Crippen molar-refractivity contribution in [2.24, 2.45) is 5.92 Å². The first-order valence-electron chi connectivity index (χ1n) is 6.21. The molecule has 1 nitrogen and oxygen atoms in total. The van der Waals surface area contributed by atoms with Gasteiger partial charge in [0.05, 0.1) is 5.56 Å². The minimum atomic E-state index is -0.446. The Hall–Kier alpha value is -1.48. The quantitative estimate of drug-likeness (QED) is 0.757. The lowest BCUT2D eigenvalue weighted by molar-refractivity contribution is 0.0961. The van der Waals surface area contributed by atoms with E-state index in [-0.39, 0.29) is 23.2 Å². The molecule has 3 heteroatoms. The molecule has 0 radical (unpaired) electrons. The molecule has 0 bridgehead atoms. The highest BCUT2D eigenvalue weighted by molar-refractivity contribution is 9.10. The number of hydrogen-bond acceptors (Lipinski definition) is 1. The molecule has 2 aromatic carbocycles. The Morgan fingerprint density at radius 3 is 2.58 bits per heavy atom. The molecule has 3 rings (SSSR count). The summed E-state index contributed by atoms with van der Waals surface area (Å²) in [6, 6.07) is 14.5. The average molecular weight is 319 g/mol. The molecular formula is C16H12BrFO. The topological polar surface area (TPSA) is 17.1 Å². The van der Waals surface area contributed by atoms with Gasteiger partial charge in [0.1, 0.15) is 5.82 Å². The third kappa shape index (κ3) is 2.47. The van der Waals surface area contributed by atoms with Crippen LogP contribution in [0.5, 0.6) is 0 Å². The second-order valence-electron chi connectivity index (χ2n) is 4.85. The first-order chi connectivity index (χ1) is 9.16. The van der Waals surface area contributed by atoms with E-state index in [2.05, 4.69) is 15.9 Å². The summed E-state index contributed by atoms with van der Waals surface area (Å²) in [5.74, 6) is -0.355. The van der Waals surface area contributed by atoms with Gasteiger partial charge in [0.2, 0.25) is 0 Å². The summed E-state index contributed by atoms with van der Waals surface area (Å²) >= 11 is 3.20. The Bertz CT molecular complexity index is 624. The molecule has 0 aromatic heterocycles. The standard InChI is InChI=1S/C16H12BrFO/c17-11-6-7-12(15(18)8-11)16(19)14-9-13(14)10-4-2-1-3-5-10/h1-8,13-14H,9H2. The molecule has 0 spiro atoms.